The molecule has 1 spiro atoms. The van der Waals surface area contributed by atoms with Crippen molar-refractivity contribution in [3.63, 3.8) is 0 Å². The maximum Gasteiger partial charge on any atom is 0.259 e. The Morgan fingerprint density at radius 2 is 1.74 bits per heavy atom. The minimum atomic E-state index is -0.363. The Bertz CT molecular complexity index is 1500. The molecule has 38 heavy (non-hydrogen) atoms. The Kier molecular flexibility index (Phi) is 6.44. The number of nitrogens with zero attached hydrogens (tertiary/aromatic N) is 2. The van der Waals surface area contributed by atoms with E-state index in [1.807, 2.05) is 66.7 Å². The summed E-state index contributed by atoms with van der Waals surface area (Å²) >= 11 is 6.33. The number of amides is 2. The molecule has 0 saturated carbocycles. The topological polar surface area (TPSA) is 71.5 Å². The number of pyridine rings is 1. The number of hydrogen-bond acceptors (Lipinski definition) is 4. The first-order valence-electron chi connectivity index (χ1n) is 12.7. The fourth-order valence-electron chi connectivity index (χ4n) is 5.34. The van der Waals surface area contributed by atoms with E-state index in [0.717, 1.165) is 41.6 Å². The van der Waals surface area contributed by atoms with Gasteiger partial charge in [0, 0.05) is 35.3 Å². The molecule has 7 heteroatoms. The maximum absolute atomic E-state index is 13.6. The van der Waals surface area contributed by atoms with E-state index in [1.165, 1.54) is 6.20 Å². The molecule has 6 rings (SSSR count). The van der Waals surface area contributed by atoms with Crippen molar-refractivity contribution < 1.29 is 14.3 Å². The molecule has 2 aliphatic rings. The van der Waals surface area contributed by atoms with Gasteiger partial charge >= 0.3 is 0 Å². The van der Waals surface area contributed by atoms with E-state index in [0.29, 0.717) is 35.1 Å². The summed E-state index contributed by atoms with van der Waals surface area (Å²) < 4.78 is 6.03. The molecule has 1 saturated heterocycles. The third-order valence-electron chi connectivity index (χ3n) is 7.34. The molecule has 4 aromatic rings. The van der Waals surface area contributed by atoms with Gasteiger partial charge in [0.25, 0.3) is 11.8 Å². The van der Waals surface area contributed by atoms with Crippen molar-refractivity contribution in [2.24, 2.45) is 0 Å². The van der Waals surface area contributed by atoms with Crippen LogP contribution in [-0.4, -0.2) is 29.9 Å². The number of benzene rings is 3. The fourth-order valence-corrected chi connectivity index (χ4v) is 5.51. The van der Waals surface area contributed by atoms with Crippen LogP contribution in [0, 0.1) is 0 Å². The summed E-state index contributed by atoms with van der Waals surface area (Å²) in [4.78, 5) is 32.9. The van der Waals surface area contributed by atoms with Crippen LogP contribution < -0.4 is 10.2 Å². The van der Waals surface area contributed by atoms with Crippen LogP contribution in [0.15, 0.2) is 91.1 Å². The SMILES string of the molecule is O=C(Nc1ccc(C(=O)N2CCCC3(CCO3)c3cc(Cl)ccc32)cn1)c1ccccc1-c1ccccc1. The van der Waals surface area contributed by atoms with Gasteiger partial charge in [-0.3, -0.25) is 9.59 Å². The Morgan fingerprint density at radius 3 is 2.47 bits per heavy atom. The second kappa shape index (κ2) is 10.0. The molecule has 2 aliphatic heterocycles. The number of carbonyl (C=O) groups excluding carboxylic acids is 2. The monoisotopic (exact) mass is 523 g/mol. The second-order valence-electron chi connectivity index (χ2n) is 9.61. The first-order chi connectivity index (χ1) is 18.5. The highest BCUT2D eigenvalue weighted by Crippen LogP contribution is 2.48. The van der Waals surface area contributed by atoms with E-state index in [4.69, 9.17) is 16.3 Å². The third kappa shape index (κ3) is 4.46. The van der Waals surface area contributed by atoms with Gasteiger partial charge in [0.2, 0.25) is 0 Å². The van der Waals surface area contributed by atoms with E-state index >= 15 is 0 Å². The average molecular weight is 524 g/mol. The van der Waals surface area contributed by atoms with Crippen LogP contribution in [0.4, 0.5) is 11.5 Å². The summed E-state index contributed by atoms with van der Waals surface area (Å²) in [5.74, 6) is -0.0378. The highest BCUT2D eigenvalue weighted by atomic mass is 35.5. The van der Waals surface area contributed by atoms with Crippen LogP contribution in [0.25, 0.3) is 11.1 Å². The summed E-state index contributed by atoms with van der Waals surface area (Å²) in [6, 6.07) is 26.2. The first-order valence-corrected chi connectivity index (χ1v) is 13.1. The lowest BCUT2D eigenvalue weighted by Gasteiger charge is -2.42. The highest BCUT2D eigenvalue weighted by molar-refractivity contribution is 6.30. The summed E-state index contributed by atoms with van der Waals surface area (Å²) in [7, 11) is 0. The summed E-state index contributed by atoms with van der Waals surface area (Å²) in [6.45, 7) is 1.29. The summed E-state index contributed by atoms with van der Waals surface area (Å²) in [5.41, 5.74) is 4.22. The number of anilines is 2. The molecule has 190 valence electrons. The number of aromatic nitrogens is 1. The lowest BCUT2D eigenvalue weighted by atomic mass is 9.82. The number of ether oxygens (including phenoxy) is 1. The molecule has 1 atom stereocenters. The minimum absolute atomic E-state index is 0.148. The standard InChI is InChI=1S/C31H26ClN3O3/c32-23-12-13-27-26(19-23)31(16-18-38-31)15-6-17-35(27)30(37)22-11-14-28(33-20-22)34-29(36)25-10-5-4-9-24(25)21-7-2-1-3-8-21/h1-5,7-14,19-20H,6,15-18H2,(H,33,34,36). The first kappa shape index (κ1) is 24.3. The third-order valence-corrected chi connectivity index (χ3v) is 7.58. The van der Waals surface area contributed by atoms with Gasteiger partial charge in [-0.15, -0.1) is 0 Å². The molecule has 1 aromatic heterocycles. The predicted molar refractivity (Wildman–Crippen MR) is 149 cm³/mol. The fraction of sp³-hybridized carbons (Fsp3) is 0.194. The van der Waals surface area contributed by atoms with E-state index in [2.05, 4.69) is 10.3 Å². The molecule has 0 bridgehead atoms. The van der Waals surface area contributed by atoms with Crippen molar-refractivity contribution in [2.75, 3.05) is 23.4 Å². The van der Waals surface area contributed by atoms with Gasteiger partial charge in [-0.05, 0) is 60.4 Å². The smallest absolute Gasteiger partial charge is 0.259 e. The van der Waals surface area contributed by atoms with Crippen molar-refractivity contribution >= 4 is 34.9 Å². The van der Waals surface area contributed by atoms with Crippen LogP contribution in [0.3, 0.4) is 0 Å². The quantitative estimate of drug-likeness (QED) is 0.322. The van der Waals surface area contributed by atoms with E-state index in [1.54, 1.807) is 23.1 Å². The molecule has 3 aromatic carbocycles. The van der Waals surface area contributed by atoms with E-state index in [-0.39, 0.29) is 17.4 Å². The summed E-state index contributed by atoms with van der Waals surface area (Å²) in [6.07, 6.45) is 4.10. The molecule has 1 unspecified atom stereocenters. The normalized spacial score (nSPS) is 18.3. The zero-order chi connectivity index (χ0) is 26.1. The van der Waals surface area contributed by atoms with Crippen molar-refractivity contribution in [3.05, 3.63) is 113 Å². The van der Waals surface area contributed by atoms with Gasteiger partial charge in [-0.1, -0.05) is 60.1 Å². The molecule has 3 heterocycles. The maximum atomic E-state index is 13.6. The average Bonchev–Trinajstić information content (AvgIpc) is 3.10. The van der Waals surface area contributed by atoms with E-state index in [9.17, 15) is 9.59 Å². The molecule has 6 nitrogen and oxygen atoms in total. The van der Waals surface area contributed by atoms with Gasteiger partial charge < -0.3 is 15.0 Å². The van der Waals surface area contributed by atoms with Gasteiger partial charge in [0.15, 0.2) is 0 Å². The van der Waals surface area contributed by atoms with Crippen molar-refractivity contribution in [3.8, 4) is 11.1 Å². The lowest BCUT2D eigenvalue weighted by Crippen LogP contribution is -2.40. The van der Waals surface area contributed by atoms with Gasteiger partial charge in [-0.2, -0.15) is 0 Å². The van der Waals surface area contributed by atoms with Crippen molar-refractivity contribution in [1.82, 2.24) is 4.98 Å². The van der Waals surface area contributed by atoms with Crippen LogP contribution in [0.2, 0.25) is 5.02 Å². The number of fused-ring (bicyclic) bond motifs is 2. The second-order valence-corrected chi connectivity index (χ2v) is 10.0. The van der Waals surface area contributed by atoms with Crippen molar-refractivity contribution in [1.29, 1.82) is 0 Å². The Hall–Kier alpha value is -4.00. The van der Waals surface area contributed by atoms with Crippen molar-refractivity contribution in [2.45, 2.75) is 24.9 Å². The number of carbonyl (C=O) groups is 2. The Balaban J connectivity index is 1.22. The van der Waals surface area contributed by atoms with E-state index < -0.39 is 0 Å². The number of hydrogen-bond donors (Lipinski definition) is 1. The minimum Gasteiger partial charge on any atom is -0.370 e. The molecule has 1 fully saturated rings. The largest absolute Gasteiger partial charge is 0.370 e. The molecule has 0 radical (unpaired) electrons. The molecular formula is C31H26ClN3O3. The molecule has 0 aliphatic carbocycles. The van der Waals surface area contributed by atoms with Gasteiger partial charge in [-0.25, -0.2) is 4.98 Å². The molecular weight excluding hydrogens is 498 g/mol. The van der Waals surface area contributed by atoms with Gasteiger partial charge in [0.1, 0.15) is 5.82 Å². The van der Waals surface area contributed by atoms with Crippen LogP contribution in [-0.2, 0) is 10.3 Å². The van der Waals surface area contributed by atoms with Crippen LogP contribution >= 0.6 is 11.6 Å². The highest BCUT2D eigenvalue weighted by Gasteiger charge is 2.44. The zero-order valence-electron chi connectivity index (χ0n) is 20.7. The molecule has 2 amide bonds. The molecule has 1 N–H and O–H groups in total. The number of rotatable bonds is 4. The Morgan fingerprint density at radius 1 is 0.947 bits per heavy atom. The summed E-state index contributed by atoms with van der Waals surface area (Å²) in [5, 5.41) is 3.49. The zero-order valence-corrected chi connectivity index (χ0v) is 21.4. The lowest BCUT2D eigenvalue weighted by molar-refractivity contribution is -0.157. The number of halogens is 1. The van der Waals surface area contributed by atoms with Crippen LogP contribution in [0.5, 0.6) is 0 Å². The Labute approximate surface area is 226 Å². The van der Waals surface area contributed by atoms with Gasteiger partial charge in [0.05, 0.1) is 23.5 Å². The predicted octanol–water partition coefficient (Wildman–Crippen LogP) is 6.71. The number of nitrogens with one attached hydrogen (secondary N) is 1. The van der Waals surface area contributed by atoms with Crippen LogP contribution in [0.1, 0.15) is 45.5 Å².